The molecular weight excluding hydrogens is 428 g/mol. The zero-order valence-corrected chi connectivity index (χ0v) is 19.5. The van der Waals surface area contributed by atoms with Gasteiger partial charge in [-0.25, -0.2) is 9.19 Å². The van der Waals surface area contributed by atoms with Gasteiger partial charge in [-0.1, -0.05) is 19.9 Å². The molecule has 3 N–H and O–H groups in total. The monoisotopic (exact) mass is 456 g/mol. The van der Waals surface area contributed by atoms with Crippen LogP contribution in [0, 0.1) is 5.92 Å². The van der Waals surface area contributed by atoms with E-state index in [9.17, 15) is 9.00 Å². The average molecular weight is 457 g/mol. The SMILES string of the molecule is CC(C)CC1(N)CCN(C(=O)c2ccc(NS(=O)c3cccc4scnc34)cc2)CC1. The van der Waals surface area contributed by atoms with Crippen LogP contribution in [0.3, 0.4) is 0 Å². The van der Waals surface area contributed by atoms with Gasteiger partial charge in [0.2, 0.25) is 0 Å². The first-order valence-electron chi connectivity index (χ1n) is 10.5. The molecule has 1 unspecified atom stereocenters. The van der Waals surface area contributed by atoms with Crippen molar-refractivity contribution in [2.75, 3.05) is 17.8 Å². The summed E-state index contributed by atoms with van der Waals surface area (Å²) in [6.45, 7) is 5.74. The van der Waals surface area contributed by atoms with Crippen LogP contribution in [0.25, 0.3) is 10.2 Å². The third-order valence-corrected chi connectivity index (χ3v) is 7.67. The maximum atomic E-state index is 12.9. The molecule has 31 heavy (non-hydrogen) atoms. The number of para-hydroxylation sites is 1. The second kappa shape index (κ2) is 9.06. The quantitative estimate of drug-likeness (QED) is 0.575. The highest BCUT2D eigenvalue weighted by atomic mass is 32.2. The number of hydrogen-bond donors (Lipinski definition) is 2. The predicted octanol–water partition coefficient (Wildman–Crippen LogP) is 4.41. The topological polar surface area (TPSA) is 88.3 Å². The number of rotatable bonds is 6. The summed E-state index contributed by atoms with van der Waals surface area (Å²) >= 11 is 1.52. The van der Waals surface area contributed by atoms with Crippen LogP contribution < -0.4 is 10.5 Å². The van der Waals surface area contributed by atoms with Crippen LogP contribution >= 0.6 is 11.3 Å². The fraction of sp³-hybridized carbons (Fsp3) is 0.391. The van der Waals surface area contributed by atoms with E-state index in [4.69, 9.17) is 5.73 Å². The van der Waals surface area contributed by atoms with Crippen LogP contribution in [-0.2, 0) is 11.0 Å². The van der Waals surface area contributed by atoms with Crippen molar-refractivity contribution < 1.29 is 9.00 Å². The molecule has 1 fully saturated rings. The van der Waals surface area contributed by atoms with Crippen LogP contribution in [0.5, 0.6) is 0 Å². The van der Waals surface area contributed by atoms with Gasteiger partial charge in [0.25, 0.3) is 5.91 Å². The van der Waals surface area contributed by atoms with Gasteiger partial charge < -0.3 is 15.4 Å². The van der Waals surface area contributed by atoms with Gasteiger partial charge in [-0.2, -0.15) is 0 Å². The van der Waals surface area contributed by atoms with Crippen molar-refractivity contribution in [1.82, 2.24) is 9.88 Å². The van der Waals surface area contributed by atoms with E-state index in [0.717, 1.165) is 29.5 Å². The van der Waals surface area contributed by atoms with Crippen molar-refractivity contribution >= 4 is 44.1 Å². The molecule has 0 saturated carbocycles. The first-order chi connectivity index (χ1) is 14.8. The summed E-state index contributed by atoms with van der Waals surface area (Å²) in [6, 6.07) is 12.8. The molecule has 0 bridgehead atoms. The third kappa shape index (κ3) is 4.97. The van der Waals surface area contributed by atoms with E-state index >= 15 is 0 Å². The zero-order chi connectivity index (χ0) is 22.0. The van der Waals surface area contributed by atoms with Crippen LogP contribution in [0.1, 0.15) is 43.5 Å². The summed E-state index contributed by atoms with van der Waals surface area (Å²) in [5, 5.41) is 0. The van der Waals surface area contributed by atoms with Crippen LogP contribution in [0.15, 0.2) is 52.9 Å². The van der Waals surface area contributed by atoms with Crippen molar-refractivity contribution in [3.8, 4) is 0 Å². The van der Waals surface area contributed by atoms with Gasteiger partial charge in [-0.3, -0.25) is 4.79 Å². The molecule has 4 rings (SSSR count). The Kier molecular flexibility index (Phi) is 6.41. The Bertz CT molecular complexity index is 1090. The van der Waals surface area contributed by atoms with E-state index < -0.39 is 11.0 Å². The molecule has 1 atom stereocenters. The fourth-order valence-electron chi connectivity index (χ4n) is 4.21. The number of nitrogens with one attached hydrogen (secondary N) is 1. The molecule has 0 spiro atoms. The van der Waals surface area contributed by atoms with E-state index in [-0.39, 0.29) is 11.4 Å². The third-order valence-electron chi connectivity index (χ3n) is 5.73. The van der Waals surface area contributed by atoms with Gasteiger partial charge >= 0.3 is 0 Å². The molecule has 2 heterocycles. The summed E-state index contributed by atoms with van der Waals surface area (Å²) in [5.74, 6) is 0.576. The lowest BCUT2D eigenvalue weighted by molar-refractivity contribution is 0.0657. The van der Waals surface area contributed by atoms with E-state index in [1.54, 1.807) is 29.8 Å². The van der Waals surface area contributed by atoms with Gasteiger partial charge in [-0.15, -0.1) is 11.3 Å². The first-order valence-corrected chi connectivity index (χ1v) is 12.6. The normalized spacial score (nSPS) is 17.1. The maximum absolute atomic E-state index is 12.9. The van der Waals surface area contributed by atoms with E-state index in [1.807, 2.05) is 23.1 Å². The highest BCUT2D eigenvalue weighted by molar-refractivity contribution is 7.86. The highest BCUT2D eigenvalue weighted by Crippen LogP contribution is 2.28. The van der Waals surface area contributed by atoms with Crippen molar-refractivity contribution in [3.05, 3.63) is 53.5 Å². The molecule has 1 aromatic heterocycles. The van der Waals surface area contributed by atoms with E-state index in [0.29, 0.717) is 35.2 Å². The lowest BCUT2D eigenvalue weighted by atomic mass is 9.81. The first kappa shape index (κ1) is 21.9. The Morgan fingerprint density at radius 2 is 1.94 bits per heavy atom. The number of carbonyl (C=O) groups is 1. The molecular formula is C23H28N4O2S2. The van der Waals surface area contributed by atoms with Gasteiger partial charge in [0.15, 0.2) is 11.0 Å². The second-order valence-electron chi connectivity index (χ2n) is 8.66. The molecule has 1 aliphatic heterocycles. The Balaban J connectivity index is 1.39. The standard InChI is InChI=1S/C23H28N4O2S2/c1-16(2)14-23(24)10-12-27(13-11-23)22(28)17-6-8-18(9-7-17)26-31(29)20-5-3-4-19-21(20)25-15-30-19/h3-9,15-16,26H,10-14,24H2,1-2H3. The van der Waals surface area contributed by atoms with Gasteiger partial charge in [-0.05, 0) is 61.6 Å². The lowest BCUT2D eigenvalue weighted by Crippen LogP contribution is -2.52. The second-order valence-corrected chi connectivity index (χ2v) is 10.7. The number of carbonyl (C=O) groups excluding carboxylic acids is 1. The summed E-state index contributed by atoms with van der Waals surface area (Å²) in [5.41, 5.74) is 10.2. The number of anilines is 1. The van der Waals surface area contributed by atoms with Gasteiger partial charge in [0.05, 0.1) is 20.6 Å². The van der Waals surface area contributed by atoms with E-state index in [2.05, 4.69) is 23.6 Å². The number of piperidine rings is 1. The van der Waals surface area contributed by atoms with Crippen LogP contribution in [0.4, 0.5) is 5.69 Å². The molecule has 1 aliphatic rings. The highest BCUT2D eigenvalue weighted by Gasteiger charge is 2.33. The summed E-state index contributed by atoms with van der Waals surface area (Å²) < 4.78 is 16.8. The zero-order valence-electron chi connectivity index (χ0n) is 17.8. The number of thiazole rings is 1. The number of nitrogens with zero attached hydrogens (tertiary/aromatic N) is 2. The molecule has 1 saturated heterocycles. The van der Waals surface area contributed by atoms with Crippen LogP contribution in [-0.4, -0.2) is 38.6 Å². The number of amides is 1. The Morgan fingerprint density at radius 3 is 2.61 bits per heavy atom. The van der Waals surface area contributed by atoms with E-state index in [1.165, 1.54) is 11.3 Å². The molecule has 1 amide bonds. The number of nitrogens with two attached hydrogens (primary N) is 1. The number of hydrogen-bond acceptors (Lipinski definition) is 5. The molecule has 3 aromatic rings. The number of benzene rings is 2. The lowest BCUT2D eigenvalue weighted by Gasteiger charge is -2.40. The largest absolute Gasteiger partial charge is 0.339 e. The van der Waals surface area contributed by atoms with Crippen LogP contribution in [0.2, 0.25) is 0 Å². The Morgan fingerprint density at radius 1 is 1.23 bits per heavy atom. The van der Waals surface area contributed by atoms with Crippen molar-refractivity contribution in [1.29, 1.82) is 0 Å². The molecule has 8 heteroatoms. The minimum atomic E-state index is -1.44. The minimum absolute atomic E-state index is 0.0199. The number of fused-ring (bicyclic) bond motifs is 1. The molecule has 164 valence electrons. The molecule has 6 nitrogen and oxygen atoms in total. The average Bonchev–Trinajstić information content (AvgIpc) is 3.22. The van der Waals surface area contributed by atoms with Crippen molar-refractivity contribution in [3.63, 3.8) is 0 Å². The number of likely N-dealkylation sites (tertiary alicyclic amines) is 1. The number of aromatic nitrogens is 1. The van der Waals surface area contributed by atoms with Gasteiger partial charge in [0.1, 0.15) is 0 Å². The summed E-state index contributed by atoms with van der Waals surface area (Å²) in [4.78, 5) is 19.8. The van der Waals surface area contributed by atoms with Crippen molar-refractivity contribution in [2.24, 2.45) is 11.7 Å². The summed E-state index contributed by atoms with van der Waals surface area (Å²) in [6.07, 6.45) is 2.65. The molecule has 0 radical (unpaired) electrons. The van der Waals surface area contributed by atoms with Gasteiger partial charge in [0, 0.05) is 29.9 Å². The summed E-state index contributed by atoms with van der Waals surface area (Å²) in [7, 11) is -1.44. The molecule has 0 aliphatic carbocycles. The Labute approximate surface area is 189 Å². The maximum Gasteiger partial charge on any atom is 0.253 e. The van der Waals surface area contributed by atoms with Crippen molar-refractivity contribution in [2.45, 2.75) is 43.5 Å². The smallest absolute Gasteiger partial charge is 0.253 e. The molecule has 2 aromatic carbocycles. The minimum Gasteiger partial charge on any atom is -0.339 e. The fourth-order valence-corrected chi connectivity index (χ4v) is 5.98. The predicted molar refractivity (Wildman–Crippen MR) is 128 cm³/mol. The Hall–Kier alpha value is -2.29.